The number of nitrogens with zero attached hydrogens (tertiary/aromatic N) is 4. The molecule has 0 aliphatic carbocycles. The molecule has 0 spiro atoms. The molecule has 2 amide bonds. The number of likely N-dealkylation sites (tertiary alicyclic amines) is 1. The van der Waals surface area contributed by atoms with Crippen LogP contribution in [0.1, 0.15) is 48.7 Å². The van der Waals surface area contributed by atoms with Gasteiger partial charge in [0.25, 0.3) is 0 Å². The van der Waals surface area contributed by atoms with E-state index in [-0.39, 0.29) is 12.1 Å². The van der Waals surface area contributed by atoms with E-state index in [1.807, 2.05) is 18.7 Å². The van der Waals surface area contributed by atoms with Gasteiger partial charge in [-0.2, -0.15) is 10.1 Å². The highest BCUT2D eigenvalue weighted by Crippen LogP contribution is 2.34. The van der Waals surface area contributed by atoms with E-state index in [4.69, 9.17) is 4.74 Å². The Hall–Kier alpha value is -2.64. The maximum absolute atomic E-state index is 13.0. The number of aromatic nitrogens is 4. The van der Waals surface area contributed by atoms with Gasteiger partial charge in [0, 0.05) is 17.8 Å². The van der Waals surface area contributed by atoms with Crippen LogP contribution < -0.4 is 10.1 Å². The number of anilines is 1. The van der Waals surface area contributed by atoms with E-state index in [0.717, 1.165) is 42.6 Å². The summed E-state index contributed by atoms with van der Waals surface area (Å²) in [6.07, 6.45) is 7.07. The minimum Gasteiger partial charge on any atom is -0.479 e. The largest absolute Gasteiger partial charge is 0.479 e. The second-order valence-corrected chi connectivity index (χ2v) is 6.28. The molecule has 134 valence electrons. The smallest absolute Gasteiger partial charge is 0.322 e. The minimum absolute atomic E-state index is 0.0110. The summed E-state index contributed by atoms with van der Waals surface area (Å²) in [5, 5.41) is 10.2. The predicted octanol–water partition coefficient (Wildman–Crippen LogP) is 2.97. The first-order valence-electron chi connectivity index (χ1n) is 8.55. The number of rotatable bonds is 3. The van der Waals surface area contributed by atoms with E-state index >= 15 is 0 Å². The molecule has 1 aliphatic rings. The third-order valence-corrected chi connectivity index (χ3v) is 4.64. The van der Waals surface area contributed by atoms with Crippen LogP contribution in [0.25, 0.3) is 0 Å². The van der Waals surface area contributed by atoms with Gasteiger partial charge in [0.2, 0.25) is 5.88 Å². The van der Waals surface area contributed by atoms with Crippen LogP contribution in [0.5, 0.6) is 5.88 Å². The second kappa shape index (κ2) is 7.50. The van der Waals surface area contributed by atoms with Crippen LogP contribution in [0.3, 0.4) is 0 Å². The van der Waals surface area contributed by atoms with Crippen molar-refractivity contribution in [3.63, 3.8) is 0 Å². The number of nitrogens with one attached hydrogen (secondary N) is 2. The van der Waals surface area contributed by atoms with Gasteiger partial charge in [0.1, 0.15) is 12.0 Å². The molecule has 1 fully saturated rings. The lowest BCUT2D eigenvalue weighted by atomic mass is 9.99. The lowest BCUT2D eigenvalue weighted by Gasteiger charge is -2.30. The maximum atomic E-state index is 13.0. The van der Waals surface area contributed by atoms with E-state index in [1.54, 1.807) is 6.20 Å². The van der Waals surface area contributed by atoms with E-state index in [0.29, 0.717) is 18.1 Å². The predicted molar refractivity (Wildman–Crippen MR) is 93.6 cm³/mol. The first-order valence-corrected chi connectivity index (χ1v) is 8.55. The summed E-state index contributed by atoms with van der Waals surface area (Å²) < 4.78 is 5.20. The van der Waals surface area contributed by atoms with Gasteiger partial charge in [-0.05, 0) is 26.7 Å². The quantitative estimate of drug-likeness (QED) is 0.892. The van der Waals surface area contributed by atoms with Crippen LogP contribution in [-0.2, 0) is 0 Å². The molecule has 3 rings (SSSR count). The average molecular weight is 344 g/mol. The third-order valence-electron chi connectivity index (χ3n) is 4.64. The second-order valence-electron chi connectivity index (χ2n) is 6.28. The first-order chi connectivity index (χ1) is 12.1. The number of amides is 2. The summed E-state index contributed by atoms with van der Waals surface area (Å²) in [4.78, 5) is 22.9. The summed E-state index contributed by atoms with van der Waals surface area (Å²) in [6.45, 7) is 4.69. The molecule has 25 heavy (non-hydrogen) atoms. The van der Waals surface area contributed by atoms with Gasteiger partial charge in [-0.3, -0.25) is 5.10 Å². The maximum Gasteiger partial charge on any atom is 0.322 e. The number of aryl methyl sites for hydroxylation is 2. The molecule has 1 aliphatic heterocycles. The minimum atomic E-state index is -0.167. The molecule has 3 heterocycles. The number of hydrogen-bond donors (Lipinski definition) is 2. The van der Waals surface area contributed by atoms with Crippen molar-refractivity contribution in [1.29, 1.82) is 0 Å². The molecule has 1 atom stereocenters. The van der Waals surface area contributed by atoms with Crippen molar-refractivity contribution in [3.8, 4) is 5.88 Å². The van der Waals surface area contributed by atoms with Crippen LogP contribution in [-0.4, -0.2) is 44.8 Å². The van der Waals surface area contributed by atoms with Gasteiger partial charge in [-0.25, -0.2) is 9.78 Å². The highest BCUT2D eigenvalue weighted by molar-refractivity contribution is 5.90. The van der Waals surface area contributed by atoms with Gasteiger partial charge in [-0.15, -0.1) is 0 Å². The normalized spacial score (nSPS) is 17.9. The summed E-state index contributed by atoms with van der Waals surface area (Å²) in [5.41, 5.74) is 3.55. The third kappa shape index (κ3) is 3.57. The molecule has 0 radical (unpaired) electrons. The molecule has 8 nitrogen and oxygen atoms in total. The van der Waals surface area contributed by atoms with Gasteiger partial charge >= 0.3 is 6.03 Å². The molecule has 2 aromatic heterocycles. The van der Waals surface area contributed by atoms with Crippen LogP contribution in [0.15, 0.2) is 12.5 Å². The molecule has 0 unspecified atom stereocenters. The Morgan fingerprint density at radius 2 is 2.20 bits per heavy atom. The van der Waals surface area contributed by atoms with E-state index in [9.17, 15) is 4.79 Å². The topological polar surface area (TPSA) is 96.0 Å². The SMILES string of the molecule is COc1ncncc1NC(=O)N1CCCCC[C@H]1c1c(C)n[nH]c1C. The Morgan fingerprint density at radius 1 is 1.36 bits per heavy atom. The molecular weight excluding hydrogens is 320 g/mol. The zero-order chi connectivity index (χ0) is 17.8. The van der Waals surface area contributed by atoms with Crippen LogP contribution in [0, 0.1) is 13.8 Å². The van der Waals surface area contributed by atoms with Crippen molar-refractivity contribution in [2.24, 2.45) is 0 Å². The molecule has 0 saturated carbocycles. The molecule has 2 N–H and O–H groups in total. The van der Waals surface area contributed by atoms with E-state index < -0.39 is 0 Å². The summed E-state index contributed by atoms with van der Waals surface area (Å²) >= 11 is 0. The zero-order valence-corrected chi connectivity index (χ0v) is 14.9. The lowest BCUT2D eigenvalue weighted by molar-refractivity contribution is 0.189. The molecule has 2 aromatic rings. The Labute approximate surface area is 147 Å². The van der Waals surface area contributed by atoms with E-state index in [2.05, 4.69) is 25.5 Å². The molecule has 0 bridgehead atoms. The number of carbonyl (C=O) groups is 1. The van der Waals surface area contributed by atoms with Crippen molar-refractivity contribution in [2.45, 2.75) is 45.6 Å². The van der Waals surface area contributed by atoms with Gasteiger partial charge in [0.15, 0.2) is 0 Å². The highest BCUT2D eigenvalue weighted by Gasteiger charge is 2.30. The van der Waals surface area contributed by atoms with Crippen molar-refractivity contribution in [1.82, 2.24) is 25.1 Å². The number of urea groups is 1. The lowest BCUT2D eigenvalue weighted by Crippen LogP contribution is -2.38. The van der Waals surface area contributed by atoms with Crippen molar-refractivity contribution >= 4 is 11.7 Å². The van der Waals surface area contributed by atoms with Gasteiger partial charge < -0.3 is 15.0 Å². The Balaban J connectivity index is 1.87. The number of aromatic amines is 1. The molecular formula is C17H24N6O2. The van der Waals surface area contributed by atoms with Gasteiger partial charge in [0.05, 0.1) is 25.0 Å². The Bertz CT molecular complexity index is 725. The van der Waals surface area contributed by atoms with Gasteiger partial charge in [-0.1, -0.05) is 12.8 Å². The fourth-order valence-corrected chi connectivity index (χ4v) is 3.46. The first kappa shape index (κ1) is 17.2. The van der Waals surface area contributed by atoms with Crippen LogP contribution >= 0.6 is 0 Å². The number of methoxy groups -OCH3 is 1. The van der Waals surface area contributed by atoms with Crippen molar-refractivity contribution in [3.05, 3.63) is 29.5 Å². The Kier molecular flexibility index (Phi) is 5.16. The highest BCUT2D eigenvalue weighted by atomic mass is 16.5. The summed E-state index contributed by atoms with van der Waals surface area (Å²) in [5.74, 6) is 0.352. The molecule has 0 aromatic carbocycles. The van der Waals surface area contributed by atoms with E-state index in [1.165, 1.54) is 13.4 Å². The number of H-pyrrole nitrogens is 1. The monoisotopic (exact) mass is 344 g/mol. The van der Waals surface area contributed by atoms with Crippen molar-refractivity contribution in [2.75, 3.05) is 19.0 Å². The van der Waals surface area contributed by atoms with Crippen LogP contribution in [0.2, 0.25) is 0 Å². The zero-order valence-electron chi connectivity index (χ0n) is 14.9. The fraction of sp³-hybridized carbons (Fsp3) is 0.529. The number of ether oxygens (including phenoxy) is 1. The summed E-state index contributed by atoms with van der Waals surface area (Å²) in [7, 11) is 1.52. The Morgan fingerprint density at radius 3 is 2.92 bits per heavy atom. The number of hydrogen-bond acceptors (Lipinski definition) is 5. The van der Waals surface area contributed by atoms with Crippen LogP contribution in [0.4, 0.5) is 10.5 Å². The standard InChI is InChI=1S/C17H24N6O2/c1-11-15(12(2)22-21-11)14-7-5-4-6-8-23(14)17(24)20-13-9-18-10-19-16(13)25-3/h9-10,14H,4-8H2,1-3H3,(H,20,24)(H,21,22)/t14-/m0/s1. The number of carbonyl (C=O) groups excluding carboxylic acids is 1. The molecule has 8 heteroatoms. The summed E-state index contributed by atoms with van der Waals surface area (Å²) in [6, 6.07) is -0.156. The average Bonchev–Trinajstić information content (AvgIpc) is 2.81. The fourth-order valence-electron chi connectivity index (χ4n) is 3.46. The van der Waals surface area contributed by atoms with Crippen molar-refractivity contribution < 1.29 is 9.53 Å². The molecule has 1 saturated heterocycles.